The normalized spacial score (nSPS) is 21.3. The van der Waals surface area contributed by atoms with Crippen molar-refractivity contribution >= 4 is 17.9 Å². The van der Waals surface area contributed by atoms with Crippen LogP contribution in [0.1, 0.15) is 36.0 Å². The number of carbonyl (C=O) groups is 3. The van der Waals surface area contributed by atoms with Crippen LogP contribution in [0.4, 0.5) is 4.79 Å². The first kappa shape index (κ1) is 18.3. The minimum Gasteiger partial charge on any atom is -0.453 e. The molecule has 142 valence electrons. The van der Waals surface area contributed by atoms with Crippen LogP contribution in [0, 0.1) is 0 Å². The van der Waals surface area contributed by atoms with Crippen molar-refractivity contribution in [1.82, 2.24) is 19.7 Å². The Bertz CT molecular complexity index is 646. The highest BCUT2D eigenvalue weighted by atomic mass is 16.5. The highest BCUT2D eigenvalue weighted by Crippen LogP contribution is 2.21. The molecular formula is C18H26N4O4. The predicted molar refractivity (Wildman–Crippen MR) is 94.6 cm³/mol. The second kappa shape index (κ2) is 8.25. The van der Waals surface area contributed by atoms with E-state index in [9.17, 15) is 14.4 Å². The summed E-state index contributed by atoms with van der Waals surface area (Å²) in [4.78, 5) is 45.5. The van der Waals surface area contributed by atoms with E-state index in [1.807, 2.05) is 0 Å². The molecule has 3 rings (SSSR count). The number of methoxy groups -OCH3 is 1. The fourth-order valence-corrected chi connectivity index (χ4v) is 3.72. The number of aromatic amines is 1. The molecule has 0 spiro atoms. The molecule has 2 fully saturated rings. The van der Waals surface area contributed by atoms with E-state index >= 15 is 0 Å². The van der Waals surface area contributed by atoms with E-state index in [4.69, 9.17) is 4.74 Å². The molecule has 8 heteroatoms. The number of hydrogen-bond acceptors (Lipinski definition) is 4. The zero-order valence-corrected chi connectivity index (χ0v) is 15.1. The highest BCUT2D eigenvalue weighted by Gasteiger charge is 2.36. The molecule has 1 aromatic heterocycles. The molecule has 3 amide bonds. The number of likely N-dealkylation sites (tertiary alicyclic amines) is 1. The number of ether oxygens (including phenoxy) is 1. The van der Waals surface area contributed by atoms with Crippen molar-refractivity contribution in [3.8, 4) is 0 Å². The van der Waals surface area contributed by atoms with Gasteiger partial charge in [0.1, 0.15) is 6.04 Å². The molecule has 2 aliphatic heterocycles. The van der Waals surface area contributed by atoms with E-state index in [0.29, 0.717) is 44.7 Å². The lowest BCUT2D eigenvalue weighted by Crippen LogP contribution is -2.53. The van der Waals surface area contributed by atoms with Crippen molar-refractivity contribution in [2.24, 2.45) is 0 Å². The van der Waals surface area contributed by atoms with Gasteiger partial charge in [0, 0.05) is 45.1 Å². The largest absolute Gasteiger partial charge is 0.453 e. The van der Waals surface area contributed by atoms with Gasteiger partial charge in [0.15, 0.2) is 0 Å². The number of nitrogens with zero attached hydrogens (tertiary/aromatic N) is 3. The molecule has 1 unspecified atom stereocenters. The molecule has 2 saturated heterocycles. The summed E-state index contributed by atoms with van der Waals surface area (Å²) in [7, 11) is 1.34. The second-order valence-electron chi connectivity index (χ2n) is 6.75. The van der Waals surface area contributed by atoms with E-state index < -0.39 is 12.1 Å². The van der Waals surface area contributed by atoms with Gasteiger partial charge in [0.05, 0.1) is 12.7 Å². The van der Waals surface area contributed by atoms with Crippen LogP contribution >= 0.6 is 0 Å². The van der Waals surface area contributed by atoms with Crippen LogP contribution in [-0.2, 0) is 9.53 Å². The third-order valence-electron chi connectivity index (χ3n) is 5.14. The molecule has 0 radical (unpaired) electrons. The maximum absolute atomic E-state index is 13.0. The monoisotopic (exact) mass is 362 g/mol. The Hall–Kier alpha value is -2.51. The lowest BCUT2D eigenvalue weighted by Gasteiger charge is -2.36. The molecule has 0 aromatic carbocycles. The van der Waals surface area contributed by atoms with E-state index in [0.717, 1.165) is 19.3 Å². The Balaban J connectivity index is 1.63. The first-order valence-electron chi connectivity index (χ1n) is 9.17. The number of rotatable bonds is 2. The number of carbonyl (C=O) groups excluding carboxylic acids is 3. The van der Waals surface area contributed by atoms with Gasteiger partial charge in [0.25, 0.3) is 5.91 Å². The lowest BCUT2D eigenvalue weighted by atomic mass is 10.0. The van der Waals surface area contributed by atoms with Crippen molar-refractivity contribution in [3.05, 3.63) is 24.0 Å². The van der Waals surface area contributed by atoms with Crippen LogP contribution in [-0.4, -0.2) is 83.5 Å². The van der Waals surface area contributed by atoms with E-state index in [1.165, 1.54) is 7.11 Å². The quantitative estimate of drug-likeness (QED) is 0.859. The molecule has 0 bridgehead atoms. The van der Waals surface area contributed by atoms with Crippen molar-refractivity contribution in [2.45, 2.75) is 31.7 Å². The summed E-state index contributed by atoms with van der Waals surface area (Å²) in [6.45, 7) is 2.76. The third-order valence-corrected chi connectivity index (χ3v) is 5.14. The van der Waals surface area contributed by atoms with Crippen LogP contribution in [0.15, 0.2) is 18.5 Å². The number of hydrogen-bond donors (Lipinski definition) is 1. The van der Waals surface area contributed by atoms with Crippen molar-refractivity contribution in [3.63, 3.8) is 0 Å². The summed E-state index contributed by atoms with van der Waals surface area (Å²) in [6.07, 6.45) is 6.18. The number of piperidine rings is 1. The summed E-state index contributed by atoms with van der Waals surface area (Å²) in [5, 5.41) is 0. The number of H-pyrrole nitrogens is 1. The molecule has 26 heavy (non-hydrogen) atoms. The molecule has 8 nitrogen and oxygen atoms in total. The first-order valence-corrected chi connectivity index (χ1v) is 9.17. The van der Waals surface area contributed by atoms with Crippen molar-refractivity contribution in [1.29, 1.82) is 0 Å². The maximum Gasteiger partial charge on any atom is 0.410 e. The van der Waals surface area contributed by atoms with Crippen LogP contribution in [0.3, 0.4) is 0 Å². The minimum absolute atomic E-state index is 0.0191. The SMILES string of the molecule is COC(=O)N1CCCCC1C(=O)N1CCCN(C(=O)c2cc[nH]c2)CC1. The minimum atomic E-state index is -0.455. The van der Waals surface area contributed by atoms with E-state index in [2.05, 4.69) is 4.98 Å². The predicted octanol–water partition coefficient (Wildman–Crippen LogP) is 1.31. The van der Waals surface area contributed by atoms with Gasteiger partial charge in [-0.1, -0.05) is 0 Å². The average Bonchev–Trinajstić information content (AvgIpc) is 3.11. The van der Waals surface area contributed by atoms with Crippen LogP contribution < -0.4 is 0 Å². The highest BCUT2D eigenvalue weighted by molar-refractivity contribution is 5.94. The van der Waals surface area contributed by atoms with Gasteiger partial charge < -0.3 is 19.5 Å². The number of aromatic nitrogens is 1. The average molecular weight is 362 g/mol. The molecule has 1 aromatic rings. The molecule has 1 atom stereocenters. The lowest BCUT2D eigenvalue weighted by molar-refractivity contribution is -0.137. The van der Waals surface area contributed by atoms with Gasteiger partial charge >= 0.3 is 6.09 Å². The standard InChI is InChI=1S/C18H26N4O4/c1-26-18(25)22-10-3-2-5-15(22)17(24)21-9-4-8-20(11-12-21)16(23)14-6-7-19-13-14/h6-7,13,15,19H,2-5,8-12H2,1H3. The third kappa shape index (κ3) is 3.84. The Kier molecular flexibility index (Phi) is 5.80. The summed E-state index contributed by atoms with van der Waals surface area (Å²) in [6, 6.07) is 1.30. The van der Waals surface area contributed by atoms with Gasteiger partial charge in [-0.2, -0.15) is 0 Å². The zero-order chi connectivity index (χ0) is 18.5. The smallest absolute Gasteiger partial charge is 0.410 e. The molecule has 2 aliphatic rings. The van der Waals surface area contributed by atoms with Crippen molar-refractivity contribution < 1.29 is 19.1 Å². The Morgan fingerprint density at radius 1 is 1.04 bits per heavy atom. The Morgan fingerprint density at radius 3 is 2.54 bits per heavy atom. The summed E-state index contributed by atoms with van der Waals surface area (Å²) in [5.41, 5.74) is 0.633. The summed E-state index contributed by atoms with van der Waals surface area (Å²) >= 11 is 0. The molecule has 0 saturated carbocycles. The van der Waals surface area contributed by atoms with Crippen molar-refractivity contribution in [2.75, 3.05) is 39.8 Å². The fraction of sp³-hybridized carbons (Fsp3) is 0.611. The van der Waals surface area contributed by atoms with Crippen LogP contribution in [0.25, 0.3) is 0 Å². The number of nitrogens with one attached hydrogen (secondary N) is 1. The topological polar surface area (TPSA) is 85.9 Å². The molecule has 3 heterocycles. The summed E-state index contributed by atoms with van der Waals surface area (Å²) < 4.78 is 4.83. The van der Waals surface area contributed by atoms with Crippen LogP contribution in [0.2, 0.25) is 0 Å². The summed E-state index contributed by atoms with van der Waals surface area (Å²) in [5.74, 6) is -0.0551. The fourth-order valence-electron chi connectivity index (χ4n) is 3.72. The molecule has 1 N–H and O–H groups in total. The second-order valence-corrected chi connectivity index (χ2v) is 6.75. The van der Waals surface area contributed by atoms with Gasteiger partial charge in [-0.05, 0) is 31.7 Å². The Morgan fingerprint density at radius 2 is 1.81 bits per heavy atom. The van der Waals surface area contributed by atoms with Gasteiger partial charge in [-0.25, -0.2) is 4.79 Å². The Labute approximate surface area is 153 Å². The van der Waals surface area contributed by atoms with Gasteiger partial charge in [-0.3, -0.25) is 14.5 Å². The zero-order valence-electron chi connectivity index (χ0n) is 15.1. The van der Waals surface area contributed by atoms with E-state index in [-0.39, 0.29) is 11.8 Å². The van der Waals surface area contributed by atoms with Gasteiger partial charge in [-0.15, -0.1) is 0 Å². The first-order chi connectivity index (χ1) is 12.6. The molecular weight excluding hydrogens is 336 g/mol. The number of amides is 3. The van der Waals surface area contributed by atoms with E-state index in [1.54, 1.807) is 33.2 Å². The van der Waals surface area contributed by atoms with Gasteiger partial charge in [0.2, 0.25) is 5.91 Å². The molecule has 0 aliphatic carbocycles. The van der Waals surface area contributed by atoms with Crippen LogP contribution in [0.5, 0.6) is 0 Å². The maximum atomic E-state index is 13.0.